The third kappa shape index (κ3) is 3.20. The van der Waals surface area contributed by atoms with Gasteiger partial charge in [0, 0.05) is 19.1 Å². The highest BCUT2D eigenvalue weighted by Crippen LogP contribution is 2.30. The number of piperidine rings is 1. The Hall–Kier alpha value is -1.58. The molecular weight excluding hydrogens is 267 g/mol. The second kappa shape index (κ2) is 6.46. The first-order chi connectivity index (χ1) is 9.95. The van der Waals surface area contributed by atoms with E-state index in [0.717, 1.165) is 13.0 Å². The van der Waals surface area contributed by atoms with Crippen LogP contribution in [0.2, 0.25) is 0 Å². The molecule has 0 radical (unpaired) electrons. The summed E-state index contributed by atoms with van der Waals surface area (Å²) < 4.78 is 14.0. The minimum atomic E-state index is -0.367. The Labute approximate surface area is 126 Å². The average Bonchev–Trinajstić information content (AvgIpc) is 2.44. The van der Waals surface area contributed by atoms with Crippen LogP contribution in [0, 0.1) is 17.7 Å². The van der Waals surface area contributed by atoms with Gasteiger partial charge in [0.1, 0.15) is 5.82 Å². The van der Waals surface area contributed by atoms with Crippen molar-refractivity contribution in [3.63, 3.8) is 0 Å². The number of amides is 1. The summed E-state index contributed by atoms with van der Waals surface area (Å²) in [5, 5.41) is 2.98. The van der Waals surface area contributed by atoms with Crippen LogP contribution in [0.3, 0.4) is 0 Å². The van der Waals surface area contributed by atoms with Gasteiger partial charge >= 0.3 is 0 Å². The third-order valence-electron chi connectivity index (χ3n) is 4.46. The molecule has 3 nitrogen and oxygen atoms in total. The van der Waals surface area contributed by atoms with Crippen molar-refractivity contribution < 1.29 is 9.18 Å². The van der Waals surface area contributed by atoms with Crippen molar-refractivity contribution >= 4 is 11.6 Å². The van der Waals surface area contributed by atoms with Gasteiger partial charge in [-0.2, -0.15) is 0 Å². The standard InChI is InChI=1S/C17H25FN2O/c1-5-19-16-14(7-6-8-15(16)18)17(21)20-10-11(2)9-12(3)13(20)4/h6-8,11-13,19H,5,9-10H2,1-4H3. The largest absolute Gasteiger partial charge is 0.382 e. The molecule has 0 saturated carbocycles. The van der Waals surface area contributed by atoms with Gasteiger partial charge in [-0.15, -0.1) is 0 Å². The molecule has 2 rings (SSSR count). The molecule has 116 valence electrons. The Balaban J connectivity index is 2.33. The fraction of sp³-hybridized carbons (Fsp3) is 0.588. The van der Waals surface area contributed by atoms with Crippen LogP contribution in [-0.2, 0) is 0 Å². The van der Waals surface area contributed by atoms with Crippen LogP contribution in [0.1, 0.15) is 44.5 Å². The van der Waals surface area contributed by atoms with Crippen molar-refractivity contribution in [1.29, 1.82) is 0 Å². The van der Waals surface area contributed by atoms with Crippen LogP contribution >= 0.6 is 0 Å². The number of anilines is 1. The quantitative estimate of drug-likeness (QED) is 0.920. The molecule has 1 aromatic rings. The van der Waals surface area contributed by atoms with Gasteiger partial charge in [0.15, 0.2) is 0 Å². The summed E-state index contributed by atoms with van der Waals surface area (Å²) in [5.41, 5.74) is 0.757. The summed E-state index contributed by atoms with van der Waals surface area (Å²) in [7, 11) is 0. The molecular formula is C17H25FN2O. The summed E-state index contributed by atoms with van der Waals surface area (Å²) in [5.74, 6) is 0.509. The highest BCUT2D eigenvalue weighted by molar-refractivity contribution is 6.00. The minimum absolute atomic E-state index is 0.0728. The van der Waals surface area contributed by atoms with E-state index in [1.807, 2.05) is 11.8 Å². The van der Waals surface area contributed by atoms with E-state index in [2.05, 4.69) is 26.1 Å². The number of nitrogens with zero attached hydrogens (tertiary/aromatic N) is 1. The molecule has 0 spiro atoms. The van der Waals surface area contributed by atoms with Crippen molar-refractivity contribution in [2.45, 2.75) is 40.2 Å². The third-order valence-corrected chi connectivity index (χ3v) is 4.46. The number of rotatable bonds is 3. The molecule has 1 aromatic carbocycles. The van der Waals surface area contributed by atoms with E-state index >= 15 is 0 Å². The molecule has 1 heterocycles. The van der Waals surface area contributed by atoms with Gasteiger partial charge in [-0.1, -0.05) is 19.9 Å². The molecule has 1 N–H and O–H groups in total. The van der Waals surface area contributed by atoms with Crippen molar-refractivity contribution in [2.24, 2.45) is 11.8 Å². The van der Waals surface area contributed by atoms with Gasteiger partial charge in [-0.25, -0.2) is 4.39 Å². The Bertz CT molecular complexity index is 518. The number of carbonyl (C=O) groups is 1. The fourth-order valence-corrected chi connectivity index (χ4v) is 3.20. The van der Waals surface area contributed by atoms with Crippen molar-refractivity contribution in [2.75, 3.05) is 18.4 Å². The number of benzene rings is 1. The number of para-hydroxylation sites is 1. The number of nitrogens with one attached hydrogen (secondary N) is 1. The molecule has 0 aliphatic carbocycles. The van der Waals surface area contributed by atoms with E-state index in [-0.39, 0.29) is 17.8 Å². The van der Waals surface area contributed by atoms with Gasteiger partial charge in [-0.05, 0) is 44.2 Å². The molecule has 4 heteroatoms. The lowest BCUT2D eigenvalue weighted by atomic mass is 9.85. The normalized spacial score (nSPS) is 25.8. The zero-order chi connectivity index (χ0) is 15.6. The van der Waals surface area contributed by atoms with Crippen molar-refractivity contribution in [3.05, 3.63) is 29.6 Å². The monoisotopic (exact) mass is 292 g/mol. The zero-order valence-corrected chi connectivity index (χ0v) is 13.3. The SMILES string of the molecule is CCNc1c(F)cccc1C(=O)N1CC(C)CC(C)C1C. The Morgan fingerprint density at radius 1 is 1.38 bits per heavy atom. The lowest BCUT2D eigenvalue weighted by Gasteiger charge is -2.41. The topological polar surface area (TPSA) is 32.3 Å². The highest BCUT2D eigenvalue weighted by Gasteiger charge is 2.33. The predicted octanol–water partition coefficient (Wildman–Crippen LogP) is 3.76. The fourth-order valence-electron chi connectivity index (χ4n) is 3.20. The van der Waals surface area contributed by atoms with Crippen LogP contribution in [0.5, 0.6) is 0 Å². The molecule has 1 saturated heterocycles. The smallest absolute Gasteiger partial charge is 0.256 e. The van der Waals surface area contributed by atoms with Gasteiger partial charge in [-0.3, -0.25) is 4.79 Å². The van der Waals surface area contributed by atoms with Crippen LogP contribution in [0.25, 0.3) is 0 Å². The molecule has 1 fully saturated rings. The van der Waals surface area contributed by atoms with Crippen LogP contribution in [0.15, 0.2) is 18.2 Å². The molecule has 1 aliphatic heterocycles. The van der Waals surface area contributed by atoms with Gasteiger partial charge in [0.05, 0.1) is 11.3 Å². The highest BCUT2D eigenvalue weighted by atomic mass is 19.1. The molecule has 21 heavy (non-hydrogen) atoms. The van der Waals surface area contributed by atoms with E-state index in [9.17, 15) is 9.18 Å². The average molecular weight is 292 g/mol. The first kappa shape index (κ1) is 15.8. The lowest BCUT2D eigenvalue weighted by molar-refractivity contribution is 0.0456. The zero-order valence-electron chi connectivity index (χ0n) is 13.3. The lowest BCUT2D eigenvalue weighted by Crippen LogP contribution is -2.49. The summed E-state index contributed by atoms with van der Waals surface area (Å²) in [4.78, 5) is 14.8. The van der Waals surface area contributed by atoms with Crippen molar-refractivity contribution in [1.82, 2.24) is 4.90 Å². The Morgan fingerprint density at radius 2 is 2.10 bits per heavy atom. The van der Waals surface area contributed by atoms with Crippen LogP contribution in [-0.4, -0.2) is 29.9 Å². The second-order valence-electron chi connectivity index (χ2n) is 6.21. The first-order valence-corrected chi connectivity index (χ1v) is 7.79. The Morgan fingerprint density at radius 3 is 2.76 bits per heavy atom. The summed E-state index contributed by atoms with van der Waals surface area (Å²) in [6, 6.07) is 4.89. The molecule has 1 aliphatic rings. The summed E-state index contributed by atoms with van der Waals surface area (Å²) in [6.07, 6.45) is 1.13. The maximum atomic E-state index is 14.0. The predicted molar refractivity (Wildman–Crippen MR) is 84.0 cm³/mol. The van der Waals surface area contributed by atoms with Gasteiger partial charge < -0.3 is 10.2 Å². The van der Waals surface area contributed by atoms with Crippen molar-refractivity contribution in [3.8, 4) is 0 Å². The molecule has 3 unspecified atom stereocenters. The Kier molecular flexibility index (Phi) is 4.86. The minimum Gasteiger partial charge on any atom is -0.382 e. The number of hydrogen-bond donors (Lipinski definition) is 1. The van der Waals surface area contributed by atoms with Gasteiger partial charge in [0.2, 0.25) is 0 Å². The van der Waals surface area contributed by atoms with E-state index in [1.165, 1.54) is 6.07 Å². The number of halogens is 1. The molecule has 1 amide bonds. The van der Waals surface area contributed by atoms with Crippen LogP contribution in [0.4, 0.5) is 10.1 Å². The second-order valence-corrected chi connectivity index (χ2v) is 6.21. The first-order valence-electron chi connectivity index (χ1n) is 7.79. The van der Waals surface area contributed by atoms with E-state index < -0.39 is 0 Å². The van der Waals surface area contributed by atoms with Crippen LogP contribution < -0.4 is 5.32 Å². The maximum Gasteiger partial charge on any atom is 0.256 e. The molecule has 0 bridgehead atoms. The summed E-state index contributed by atoms with van der Waals surface area (Å²) >= 11 is 0. The molecule has 3 atom stereocenters. The van der Waals surface area contributed by atoms with E-state index in [4.69, 9.17) is 0 Å². The number of carbonyl (C=O) groups excluding carboxylic acids is 1. The van der Waals surface area contributed by atoms with E-state index in [0.29, 0.717) is 29.6 Å². The number of likely N-dealkylation sites (tertiary alicyclic amines) is 1. The number of hydrogen-bond acceptors (Lipinski definition) is 2. The molecule has 0 aromatic heterocycles. The maximum absolute atomic E-state index is 14.0. The van der Waals surface area contributed by atoms with E-state index in [1.54, 1.807) is 12.1 Å². The summed E-state index contributed by atoms with van der Waals surface area (Å²) in [6.45, 7) is 9.65. The van der Waals surface area contributed by atoms with Gasteiger partial charge in [0.25, 0.3) is 5.91 Å².